The van der Waals surface area contributed by atoms with Crippen LogP contribution in [-0.2, 0) is 11.3 Å². The van der Waals surface area contributed by atoms with Crippen LogP contribution in [0.1, 0.15) is 37.8 Å². The molecule has 1 unspecified atom stereocenters. The van der Waals surface area contributed by atoms with Crippen LogP contribution in [0, 0.1) is 0 Å². The number of hydrogen-bond acceptors (Lipinski definition) is 4. The average molecular weight is 412 g/mol. The topological polar surface area (TPSA) is 57.3 Å². The van der Waals surface area contributed by atoms with E-state index in [0.29, 0.717) is 18.5 Å². The molecular formula is C17H29Cl3N4O. The fraction of sp³-hybridized carbons (Fsp3) is 0.647. The van der Waals surface area contributed by atoms with E-state index in [0.717, 1.165) is 51.1 Å². The van der Waals surface area contributed by atoms with Crippen molar-refractivity contribution >= 4 is 43.1 Å². The van der Waals surface area contributed by atoms with Gasteiger partial charge >= 0.3 is 0 Å². The first-order valence-electron chi connectivity index (χ1n) is 8.44. The Morgan fingerprint density at radius 1 is 1.20 bits per heavy atom. The normalized spacial score (nSPS) is 20.7. The summed E-state index contributed by atoms with van der Waals surface area (Å²) in [7, 11) is 0. The SMILES string of the molecule is Cl.Cl.Cl.O=C(CC1CCCN1)NC1CCN(Cc2ccccn2)CC1. The molecule has 25 heavy (non-hydrogen) atoms. The molecule has 2 N–H and O–H groups in total. The van der Waals surface area contributed by atoms with Crippen molar-refractivity contribution in [3.05, 3.63) is 30.1 Å². The summed E-state index contributed by atoms with van der Waals surface area (Å²) >= 11 is 0. The predicted octanol–water partition coefficient (Wildman–Crippen LogP) is 2.57. The van der Waals surface area contributed by atoms with Gasteiger partial charge in [0.1, 0.15) is 0 Å². The van der Waals surface area contributed by atoms with Gasteiger partial charge in [0, 0.05) is 44.3 Å². The van der Waals surface area contributed by atoms with Gasteiger partial charge in [-0.25, -0.2) is 0 Å². The van der Waals surface area contributed by atoms with Crippen molar-refractivity contribution in [1.82, 2.24) is 20.5 Å². The van der Waals surface area contributed by atoms with Gasteiger partial charge in [-0.1, -0.05) is 6.07 Å². The van der Waals surface area contributed by atoms with Gasteiger partial charge in [-0.3, -0.25) is 14.7 Å². The van der Waals surface area contributed by atoms with Gasteiger partial charge in [0.05, 0.1) is 5.69 Å². The predicted molar refractivity (Wildman–Crippen MR) is 108 cm³/mol. The van der Waals surface area contributed by atoms with E-state index in [2.05, 4.69) is 26.6 Å². The molecule has 1 aromatic rings. The van der Waals surface area contributed by atoms with Gasteiger partial charge in [-0.05, 0) is 44.4 Å². The Balaban J connectivity index is 0.00000192. The minimum Gasteiger partial charge on any atom is -0.353 e. The zero-order valence-corrected chi connectivity index (χ0v) is 16.8. The Morgan fingerprint density at radius 2 is 1.96 bits per heavy atom. The number of aromatic nitrogens is 1. The third kappa shape index (κ3) is 8.09. The molecule has 1 atom stereocenters. The summed E-state index contributed by atoms with van der Waals surface area (Å²) < 4.78 is 0. The van der Waals surface area contributed by atoms with Crippen molar-refractivity contribution in [3.8, 4) is 0 Å². The second kappa shape index (κ2) is 12.7. The van der Waals surface area contributed by atoms with Crippen LogP contribution < -0.4 is 10.6 Å². The maximum atomic E-state index is 12.1. The van der Waals surface area contributed by atoms with Crippen LogP contribution in [0.5, 0.6) is 0 Å². The Hall–Kier alpha value is -0.590. The number of hydrogen-bond donors (Lipinski definition) is 2. The molecule has 0 saturated carbocycles. The number of nitrogens with zero attached hydrogens (tertiary/aromatic N) is 2. The fourth-order valence-electron chi connectivity index (χ4n) is 3.40. The van der Waals surface area contributed by atoms with Gasteiger partial charge in [-0.15, -0.1) is 37.2 Å². The maximum absolute atomic E-state index is 12.1. The molecule has 2 saturated heterocycles. The summed E-state index contributed by atoms with van der Waals surface area (Å²) in [6.45, 7) is 4.03. The molecule has 0 aliphatic carbocycles. The minimum absolute atomic E-state index is 0. The first kappa shape index (κ1) is 24.4. The standard InChI is InChI=1S/C17H26N4O.3ClH/c22-17(12-15-5-3-9-18-15)20-14-6-10-21(11-7-14)13-16-4-1-2-8-19-16;;;/h1-2,4,8,14-15,18H,3,5-7,9-13H2,(H,20,22);3*1H. The Labute approximate surface area is 168 Å². The number of pyridine rings is 1. The van der Waals surface area contributed by atoms with Crippen molar-refractivity contribution in [2.45, 2.75) is 50.7 Å². The largest absolute Gasteiger partial charge is 0.353 e. The van der Waals surface area contributed by atoms with Gasteiger partial charge in [0.15, 0.2) is 0 Å². The highest BCUT2D eigenvalue weighted by Gasteiger charge is 2.23. The van der Waals surface area contributed by atoms with Gasteiger partial charge in [0.25, 0.3) is 0 Å². The van der Waals surface area contributed by atoms with E-state index >= 15 is 0 Å². The highest BCUT2D eigenvalue weighted by atomic mass is 35.5. The number of nitrogens with one attached hydrogen (secondary N) is 2. The molecular weight excluding hydrogens is 383 g/mol. The first-order valence-corrected chi connectivity index (χ1v) is 8.44. The molecule has 2 fully saturated rings. The molecule has 0 radical (unpaired) electrons. The molecule has 8 heteroatoms. The van der Waals surface area contributed by atoms with Crippen molar-refractivity contribution in [1.29, 1.82) is 0 Å². The molecule has 3 heterocycles. The van der Waals surface area contributed by atoms with E-state index in [9.17, 15) is 4.79 Å². The number of carbonyl (C=O) groups excluding carboxylic acids is 1. The van der Waals surface area contributed by atoms with Gasteiger partial charge in [0.2, 0.25) is 5.91 Å². The van der Waals surface area contributed by atoms with E-state index in [1.54, 1.807) is 0 Å². The van der Waals surface area contributed by atoms with E-state index in [-0.39, 0.29) is 43.1 Å². The quantitative estimate of drug-likeness (QED) is 0.782. The van der Waals surface area contributed by atoms with Crippen LogP contribution >= 0.6 is 37.2 Å². The van der Waals surface area contributed by atoms with Crippen LogP contribution in [0.2, 0.25) is 0 Å². The monoisotopic (exact) mass is 410 g/mol. The van der Waals surface area contributed by atoms with Crippen LogP contribution in [0.3, 0.4) is 0 Å². The second-order valence-electron chi connectivity index (χ2n) is 6.44. The number of piperidine rings is 1. The number of halogens is 3. The van der Waals surface area contributed by atoms with Gasteiger partial charge < -0.3 is 10.6 Å². The minimum atomic E-state index is 0. The van der Waals surface area contributed by atoms with Crippen molar-refractivity contribution in [3.63, 3.8) is 0 Å². The van der Waals surface area contributed by atoms with Gasteiger partial charge in [-0.2, -0.15) is 0 Å². The summed E-state index contributed by atoms with van der Waals surface area (Å²) in [5.74, 6) is 0.211. The molecule has 1 amide bonds. The summed E-state index contributed by atoms with van der Waals surface area (Å²) in [4.78, 5) is 18.9. The summed E-state index contributed by atoms with van der Waals surface area (Å²) in [5.41, 5.74) is 1.12. The molecule has 144 valence electrons. The number of carbonyl (C=O) groups is 1. The molecule has 2 aliphatic rings. The first-order chi connectivity index (χ1) is 10.8. The highest BCUT2D eigenvalue weighted by molar-refractivity contribution is 5.86. The van der Waals surface area contributed by atoms with Crippen molar-refractivity contribution in [2.75, 3.05) is 19.6 Å². The fourth-order valence-corrected chi connectivity index (χ4v) is 3.40. The molecule has 0 spiro atoms. The lowest BCUT2D eigenvalue weighted by molar-refractivity contribution is -0.122. The lowest BCUT2D eigenvalue weighted by Crippen LogP contribution is -2.45. The highest BCUT2D eigenvalue weighted by Crippen LogP contribution is 2.14. The molecule has 1 aromatic heterocycles. The molecule has 2 aliphatic heterocycles. The lowest BCUT2D eigenvalue weighted by Gasteiger charge is -2.32. The zero-order chi connectivity index (χ0) is 15.2. The van der Waals surface area contributed by atoms with E-state index in [4.69, 9.17) is 0 Å². The molecule has 3 rings (SSSR count). The zero-order valence-electron chi connectivity index (χ0n) is 14.4. The van der Waals surface area contributed by atoms with Crippen LogP contribution in [0.25, 0.3) is 0 Å². The van der Waals surface area contributed by atoms with Crippen molar-refractivity contribution in [2.24, 2.45) is 0 Å². The van der Waals surface area contributed by atoms with Crippen LogP contribution in [0.4, 0.5) is 0 Å². The van der Waals surface area contributed by atoms with E-state index < -0.39 is 0 Å². The average Bonchev–Trinajstić information content (AvgIpc) is 3.03. The number of likely N-dealkylation sites (tertiary alicyclic amines) is 1. The van der Waals surface area contributed by atoms with Crippen LogP contribution in [-0.4, -0.2) is 47.5 Å². The molecule has 0 bridgehead atoms. The summed E-state index contributed by atoms with van der Waals surface area (Å²) in [6, 6.07) is 6.79. The smallest absolute Gasteiger partial charge is 0.221 e. The van der Waals surface area contributed by atoms with Crippen molar-refractivity contribution < 1.29 is 4.79 Å². The number of rotatable bonds is 5. The third-order valence-corrected chi connectivity index (χ3v) is 4.66. The van der Waals surface area contributed by atoms with Crippen LogP contribution in [0.15, 0.2) is 24.4 Å². The summed E-state index contributed by atoms with van der Waals surface area (Å²) in [6.07, 6.45) is 6.89. The Kier molecular flexibility index (Phi) is 12.4. The Bertz CT molecular complexity index is 478. The Morgan fingerprint density at radius 3 is 2.56 bits per heavy atom. The van der Waals surface area contributed by atoms with E-state index in [1.165, 1.54) is 6.42 Å². The summed E-state index contributed by atoms with van der Waals surface area (Å²) in [5, 5.41) is 6.59. The molecule has 5 nitrogen and oxygen atoms in total. The van der Waals surface area contributed by atoms with E-state index in [1.807, 2.05) is 18.3 Å². The third-order valence-electron chi connectivity index (χ3n) is 4.66. The molecule has 0 aromatic carbocycles. The number of amides is 1. The lowest BCUT2D eigenvalue weighted by atomic mass is 10.0. The second-order valence-corrected chi connectivity index (χ2v) is 6.44. The maximum Gasteiger partial charge on any atom is 0.221 e.